The maximum absolute atomic E-state index is 12.4. The highest BCUT2D eigenvalue weighted by molar-refractivity contribution is 6.06. The first-order chi connectivity index (χ1) is 14.8. The zero-order valence-corrected chi connectivity index (χ0v) is 16.4. The standard InChI is InChI=1S/C22H18N4O5/c1-14-5-2-3-8-19(14)22(29)24-17-7-4-6-15(11-17)21(28)25-23-13-16-12-18(26(30)31)9-10-20(16)27/h2-13,27H,1H3,(H,24,29)(H,25,28)/b23-13+. The molecule has 0 heterocycles. The van der Waals surface area contributed by atoms with Crippen LogP contribution in [0.1, 0.15) is 31.8 Å². The van der Waals surface area contributed by atoms with Crippen LogP contribution < -0.4 is 10.7 Å². The second kappa shape index (κ2) is 9.31. The van der Waals surface area contributed by atoms with Gasteiger partial charge in [-0.15, -0.1) is 0 Å². The zero-order valence-electron chi connectivity index (χ0n) is 16.4. The maximum Gasteiger partial charge on any atom is 0.271 e. The smallest absolute Gasteiger partial charge is 0.271 e. The Morgan fingerprint density at radius 3 is 2.55 bits per heavy atom. The molecule has 0 aliphatic rings. The fraction of sp³-hybridized carbons (Fsp3) is 0.0455. The number of anilines is 1. The summed E-state index contributed by atoms with van der Waals surface area (Å²) in [6.07, 6.45) is 1.10. The predicted octanol–water partition coefficient (Wildman–Crippen LogP) is 3.63. The molecule has 9 heteroatoms. The van der Waals surface area contributed by atoms with Gasteiger partial charge in [-0.2, -0.15) is 5.10 Å². The van der Waals surface area contributed by atoms with Gasteiger partial charge in [0.05, 0.1) is 11.1 Å². The summed E-state index contributed by atoms with van der Waals surface area (Å²) in [6, 6.07) is 16.9. The number of benzene rings is 3. The molecule has 0 radical (unpaired) electrons. The molecule has 156 valence electrons. The van der Waals surface area contributed by atoms with E-state index >= 15 is 0 Å². The molecule has 0 bridgehead atoms. The van der Waals surface area contributed by atoms with Crippen molar-refractivity contribution >= 4 is 29.4 Å². The summed E-state index contributed by atoms with van der Waals surface area (Å²) < 4.78 is 0. The molecule has 0 saturated heterocycles. The number of amides is 2. The molecule has 0 aliphatic carbocycles. The van der Waals surface area contributed by atoms with Crippen molar-refractivity contribution in [2.75, 3.05) is 5.32 Å². The van der Waals surface area contributed by atoms with Crippen molar-refractivity contribution in [3.63, 3.8) is 0 Å². The zero-order chi connectivity index (χ0) is 22.4. The number of hydrogen-bond donors (Lipinski definition) is 3. The average Bonchev–Trinajstić information content (AvgIpc) is 2.75. The quantitative estimate of drug-likeness (QED) is 0.319. The number of nitro benzene ring substituents is 1. The fourth-order valence-electron chi connectivity index (χ4n) is 2.75. The van der Waals surface area contributed by atoms with E-state index in [0.29, 0.717) is 11.3 Å². The van der Waals surface area contributed by atoms with Crippen molar-refractivity contribution in [3.8, 4) is 5.75 Å². The number of nitro groups is 1. The number of phenolic OH excluding ortho intramolecular Hbond substituents is 1. The minimum Gasteiger partial charge on any atom is -0.507 e. The van der Waals surface area contributed by atoms with E-state index in [1.807, 2.05) is 19.1 Å². The molecule has 9 nitrogen and oxygen atoms in total. The molecule has 3 N–H and O–H groups in total. The first-order valence-corrected chi connectivity index (χ1v) is 9.13. The summed E-state index contributed by atoms with van der Waals surface area (Å²) in [5, 5.41) is 27.1. The summed E-state index contributed by atoms with van der Waals surface area (Å²) in [7, 11) is 0. The SMILES string of the molecule is Cc1ccccc1C(=O)Nc1cccc(C(=O)N/N=C/c2cc([N+](=O)[O-])ccc2O)c1. The number of phenols is 1. The normalized spacial score (nSPS) is 10.6. The fourth-order valence-corrected chi connectivity index (χ4v) is 2.75. The Morgan fingerprint density at radius 1 is 1.03 bits per heavy atom. The average molecular weight is 418 g/mol. The maximum atomic E-state index is 12.4. The number of nitrogens with zero attached hydrogens (tertiary/aromatic N) is 2. The third-order valence-electron chi connectivity index (χ3n) is 4.36. The van der Waals surface area contributed by atoms with E-state index in [2.05, 4.69) is 15.8 Å². The van der Waals surface area contributed by atoms with Crippen LogP contribution in [0, 0.1) is 17.0 Å². The third-order valence-corrected chi connectivity index (χ3v) is 4.36. The van der Waals surface area contributed by atoms with Crippen LogP contribution in [-0.4, -0.2) is 28.1 Å². The van der Waals surface area contributed by atoms with Gasteiger partial charge in [-0.1, -0.05) is 24.3 Å². The van der Waals surface area contributed by atoms with Crippen molar-refractivity contribution in [2.45, 2.75) is 6.92 Å². The summed E-state index contributed by atoms with van der Waals surface area (Å²) in [5.74, 6) is -1.08. The molecular weight excluding hydrogens is 400 g/mol. The second-order valence-corrected chi connectivity index (χ2v) is 6.55. The molecule has 0 aromatic heterocycles. The Bertz CT molecular complexity index is 1190. The van der Waals surface area contributed by atoms with E-state index < -0.39 is 10.8 Å². The first-order valence-electron chi connectivity index (χ1n) is 9.13. The number of aromatic hydroxyl groups is 1. The molecule has 2 amide bonds. The molecule has 0 atom stereocenters. The monoisotopic (exact) mass is 418 g/mol. The lowest BCUT2D eigenvalue weighted by Gasteiger charge is -2.08. The van der Waals surface area contributed by atoms with Crippen LogP contribution in [0.25, 0.3) is 0 Å². The highest BCUT2D eigenvalue weighted by Gasteiger charge is 2.11. The van der Waals surface area contributed by atoms with Gasteiger partial charge in [-0.05, 0) is 42.8 Å². The third kappa shape index (κ3) is 5.30. The van der Waals surface area contributed by atoms with E-state index in [9.17, 15) is 24.8 Å². The predicted molar refractivity (Wildman–Crippen MR) is 115 cm³/mol. The lowest BCUT2D eigenvalue weighted by molar-refractivity contribution is -0.384. The van der Waals surface area contributed by atoms with Gasteiger partial charge in [0.2, 0.25) is 0 Å². The van der Waals surface area contributed by atoms with Gasteiger partial charge in [-0.25, -0.2) is 5.43 Å². The number of non-ortho nitro benzene ring substituents is 1. The molecule has 0 unspecified atom stereocenters. The highest BCUT2D eigenvalue weighted by Crippen LogP contribution is 2.21. The molecular formula is C22H18N4O5. The molecule has 0 spiro atoms. The van der Waals surface area contributed by atoms with Gasteiger partial charge in [0.1, 0.15) is 5.75 Å². The Balaban J connectivity index is 1.69. The van der Waals surface area contributed by atoms with Gasteiger partial charge >= 0.3 is 0 Å². The Hall–Kier alpha value is -4.53. The van der Waals surface area contributed by atoms with Gasteiger partial charge in [0, 0.05) is 34.5 Å². The molecule has 3 rings (SSSR count). The molecule has 0 aliphatic heterocycles. The van der Waals surface area contributed by atoms with Crippen LogP contribution in [0.4, 0.5) is 11.4 Å². The summed E-state index contributed by atoms with van der Waals surface area (Å²) in [5.41, 5.74) is 4.16. The number of carbonyl (C=O) groups excluding carboxylic acids is 2. The lowest BCUT2D eigenvalue weighted by atomic mass is 10.1. The van der Waals surface area contributed by atoms with Crippen LogP contribution in [-0.2, 0) is 0 Å². The topological polar surface area (TPSA) is 134 Å². The minimum atomic E-state index is -0.605. The number of nitrogens with one attached hydrogen (secondary N) is 2. The number of hydrogen-bond acceptors (Lipinski definition) is 6. The van der Waals surface area contributed by atoms with E-state index in [-0.39, 0.29) is 28.5 Å². The van der Waals surface area contributed by atoms with Crippen molar-refractivity contribution in [3.05, 3.63) is 99.1 Å². The van der Waals surface area contributed by atoms with Crippen LogP contribution in [0.2, 0.25) is 0 Å². The van der Waals surface area contributed by atoms with Gasteiger partial charge < -0.3 is 10.4 Å². The summed E-state index contributed by atoms with van der Waals surface area (Å²) in [4.78, 5) is 35.0. The van der Waals surface area contributed by atoms with Crippen molar-refractivity contribution in [2.24, 2.45) is 5.10 Å². The van der Waals surface area contributed by atoms with Gasteiger partial charge in [-0.3, -0.25) is 19.7 Å². The number of aryl methyl sites for hydroxylation is 1. The molecule has 0 fully saturated rings. The van der Waals surface area contributed by atoms with Crippen molar-refractivity contribution < 1.29 is 19.6 Å². The van der Waals surface area contributed by atoms with E-state index in [4.69, 9.17) is 0 Å². The highest BCUT2D eigenvalue weighted by atomic mass is 16.6. The minimum absolute atomic E-state index is 0.0775. The summed E-state index contributed by atoms with van der Waals surface area (Å²) in [6.45, 7) is 1.83. The molecule has 3 aromatic carbocycles. The number of rotatable bonds is 6. The van der Waals surface area contributed by atoms with Crippen LogP contribution in [0.5, 0.6) is 5.75 Å². The molecule has 3 aromatic rings. The van der Waals surface area contributed by atoms with Gasteiger partial charge in [0.15, 0.2) is 0 Å². The number of hydrazone groups is 1. The second-order valence-electron chi connectivity index (χ2n) is 6.55. The van der Waals surface area contributed by atoms with Crippen LogP contribution >= 0.6 is 0 Å². The molecule has 0 saturated carbocycles. The van der Waals surface area contributed by atoms with E-state index in [1.165, 1.54) is 12.1 Å². The first kappa shape index (κ1) is 21.2. The largest absolute Gasteiger partial charge is 0.507 e. The lowest BCUT2D eigenvalue weighted by Crippen LogP contribution is -2.18. The number of carbonyl (C=O) groups is 2. The van der Waals surface area contributed by atoms with Gasteiger partial charge in [0.25, 0.3) is 17.5 Å². The van der Waals surface area contributed by atoms with E-state index in [1.54, 1.807) is 30.3 Å². The van der Waals surface area contributed by atoms with Crippen molar-refractivity contribution in [1.29, 1.82) is 0 Å². The Morgan fingerprint density at radius 2 is 1.81 bits per heavy atom. The summed E-state index contributed by atoms with van der Waals surface area (Å²) >= 11 is 0. The molecule has 31 heavy (non-hydrogen) atoms. The van der Waals surface area contributed by atoms with Crippen LogP contribution in [0.3, 0.4) is 0 Å². The van der Waals surface area contributed by atoms with Crippen LogP contribution in [0.15, 0.2) is 71.8 Å². The Labute approximate surface area is 177 Å². The van der Waals surface area contributed by atoms with E-state index in [0.717, 1.165) is 23.9 Å². The Kier molecular flexibility index (Phi) is 6.36. The van der Waals surface area contributed by atoms with Crippen molar-refractivity contribution in [1.82, 2.24) is 5.43 Å².